The molecule has 1 aromatic rings. The molecule has 7 nitrogen and oxygen atoms in total. The number of carbonyl (C=O) groups excluding carboxylic acids is 1. The first-order valence-electron chi connectivity index (χ1n) is 5.83. The molecule has 1 atom stereocenters. The van der Waals surface area contributed by atoms with Gasteiger partial charge >= 0.3 is 12.0 Å². The zero-order chi connectivity index (χ0) is 14.5. The standard InChI is InChI=1S/C12H18N4O3/c1-12(2,3)9(4-10(17)18)16-11(19)15-8-5-13-7-14-6-8/h5-7,9H,4H2,1-3H3,(H,17,18)(H2,15,16,19). The third kappa shape index (κ3) is 5.33. The number of anilines is 1. The van der Waals surface area contributed by atoms with Crippen molar-refractivity contribution in [3.05, 3.63) is 18.7 Å². The van der Waals surface area contributed by atoms with Crippen LogP contribution in [0.5, 0.6) is 0 Å². The van der Waals surface area contributed by atoms with Gasteiger partial charge in [0.15, 0.2) is 0 Å². The van der Waals surface area contributed by atoms with Gasteiger partial charge in [-0.25, -0.2) is 14.8 Å². The Kier molecular flexibility index (Phi) is 4.80. The Balaban J connectivity index is 2.64. The second-order valence-electron chi connectivity index (χ2n) is 5.24. The number of urea groups is 1. The van der Waals surface area contributed by atoms with Crippen molar-refractivity contribution in [2.75, 3.05) is 5.32 Å². The minimum Gasteiger partial charge on any atom is -0.481 e. The normalized spacial score (nSPS) is 12.6. The highest BCUT2D eigenvalue weighted by Crippen LogP contribution is 2.22. The zero-order valence-electron chi connectivity index (χ0n) is 11.2. The van der Waals surface area contributed by atoms with Crippen molar-refractivity contribution in [2.45, 2.75) is 33.2 Å². The lowest BCUT2D eigenvalue weighted by Gasteiger charge is -2.30. The molecule has 0 saturated carbocycles. The van der Waals surface area contributed by atoms with Crippen molar-refractivity contribution in [2.24, 2.45) is 5.41 Å². The van der Waals surface area contributed by atoms with Crippen molar-refractivity contribution in [3.63, 3.8) is 0 Å². The molecule has 0 spiro atoms. The predicted molar refractivity (Wildman–Crippen MR) is 69.7 cm³/mol. The summed E-state index contributed by atoms with van der Waals surface area (Å²) in [6.45, 7) is 5.60. The lowest BCUT2D eigenvalue weighted by atomic mass is 9.85. The largest absolute Gasteiger partial charge is 0.481 e. The van der Waals surface area contributed by atoms with Gasteiger partial charge in [0.05, 0.1) is 24.5 Å². The van der Waals surface area contributed by atoms with Crippen LogP contribution >= 0.6 is 0 Å². The highest BCUT2D eigenvalue weighted by molar-refractivity contribution is 5.89. The maximum atomic E-state index is 11.8. The monoisotopic (exact) mass is 266 g/mol. The highest BCUT2D eigenvalue weighted by Gasteiger charge is 2.28. The summed E-state index contributed by atoms with van der Waals surface area (Å²) in [5.41, 5.74) is 0.0890. The summed E-state index contributed by atoms with van der Waals surface area (Å²) in [5.74, 6) is -0.955. The van der Waals surface area contributed by atoms with Gasteiger partial charge in [0, 0.05) is 6.04 Å². The van der Waals surface area contributed by atoms with Gasteiger partial charge in [0.25, 0.3) is 0 Å². The smallest absolute Gasteiger partial charge is 0.319 e. The average Bonchev–Trinajstić information content (AvgIpc) is 2.27. The van der Waals surface area contributed by atoms with Gasteiger partial charge in [-0.2, -0.15) is 0 Å². The maximum absolute atomic E-state index is 11.8. The fourth-order valence-electron chi connectivity index (χ4n) is 1.44. The Morgan fingerprint density at radius 2 is 1.89 bits per heavy atom. The SMILES string of the molecule is CC(C)(C)C(CC(=O)O)NC(=O)Nc1cncnc1. The van der Waals surface area contributed by atoms with Crippen molar-refractivity contribution in [1.82, 2.24) is 15.3 Å². The van der Waals surface area contributed by atoms with Crippen LogP contribution in [0.4, 0.5) is 10.5 Å². The molecule has 7 heteroatoms. The van der Waals surface area contributed by atoms with Gasteiger partial charge in [-0.05, 0) is 5.41 Å². The molecule has 1 aromatic heterocycles. The second kappa shape index (κ2) is 6.12. The minimum atomic E-state index is -0.955. The summed E-state index contributed by atoms with van der Waals surface area (Å²) in [6.07, 6.45) is 4.12. The van der Waals surface area contributed by atoms with E-state index in [-0.39, 0.29) is 11.8 Å². The molecule has 0 saturated heterocycles. The van der Waals surface area contributed by atoms with Crippen molar-refractivity contribution in [1.29, 1.82) is 0 Å². The van der Waals surface area contributed by atoms with E-state index >= 15 is 0 Å². The number of hydrogen-bond donors (Lipinski definition) is 3. The summed E-state index contributed by atoms with van der Waals surface area (Å²) in [4.78, 5) is 30.1. The van der Waals surface area contributed by atoms with Gasteiger partial charge in [0.1, 0.15) is 6.33 Å². The van der Waals surface area contributed by atoms with Crippen LogP contribution in [0, 0.1) is 5.41 Å². The molecule has 2 amide bonds. The number of aliphatic carboxylic acids is 1. The molecule has 0 aromatic carbocycles. The van der Waals surface area contributed by atoms with Gasteiger partial charge in [-0.15, -0.1) is 0 Å². The number of nitrogens with zero attached hydrogens (tertiary/aromatic N) is 2. The molecule has 104 valence electrons. The lowest BCUT2D eigenvalue weighted by Crippen LogP contribution is -2.46. The van der Waals surface area contributed by atoms with E-state index in [1.807, 2.05) is 20.8 Å². The number of carboxylic acid groups (broad SMARTS) is 1. The summed E-state index contributed by atoms with van der Waals surface area (Å²) in [5, 5.41) is 14.1. The van der Waals surface area contributed by atoms with E-state index in [4.69, 9.17) is 5.11 Å². The van der Waals surface area contributed by atoms with Crippen LogP contribution in [0.25, 0.3) is 0 Å². The number of carbonyl (C=O) groups is 2. The molecule has 3 N–H and O–H groups in total. The zero-order valence-corrected chi connectivity index (χ0v) is 11.2. The van der Waals surface area contributed by atoms with E-state index in [0.29, 0.717) is 5.69 Å². The molecule has 0 radical (unpaired) electrons. The number of hydrogen-bond acceptors (Lipinski definition) is 4. The van der Waals surface area contributed by atoms with E-state index in [9.17, 15) is 9.59 Å². The fraction of sp³-hybridized carbons (Fsp3) is 0.500. The van der Waals surface area contributed by atoms with Crippen LogP contribution < -0.4 is 10.6 Å². The molecule has 1 unspecified atom stereocenters. The summed E-state index contributed by atoms with van der Waals surface area (Å²) >= 11 is 0. The van der Waals surface area contributed by atoms with E-state index < -0.39 is 18.0 Å². The second-order valence-corrected chi connectivity index (χ2v) is 5.24. The van der Waals surface area contributed by atoms with E-state index in [2.05, 4.69) is 20.6 Å². The number of rotatable bonds is 4. The highest BCUT2D eigenvalue weighted by atomic mass is 16.4. The van der Waals surface area contributed by atoms with Gasteiger partial charge in [0.2, 0.25) is 0 Å². The first-order chi connectivity index (χ1) is 8.79. The van der Waals surface area contributed by atoms with Crippen LogP contribution in [0.2, 0.25) is 0 Å². The quantitative estimate of drug-likeness (QED) is 0.765. The molecule has 0 aliphatic heterocycles. The third-order valence-electron chi connectivity index (χ3n) is 2.55. The molecule has 0 aliphatic carbocycles. The maximum Gasteiger partial charge on any atom is 0.319 e. The molecule has 1 heterocycles. The van der Waals surface area contributed by atoms with Gasteiger partial charge in [-0.3, -0.25) is 4.79 Å². The Bertz CT molecular complexity index is 442. The molecule has 0 aliphatic rings. The number of amides is 2. The average molecular weight is 266 g/mol. The Labute approximate surface area is 111 Å². The molecule has 0 fully saturated rings. The fourth-order valence-corrected chi connectivity index (χ4v) is 1.44. The molecule has 0 bridgehead atoms. The van der Waals surface area contributed by atoms with Crippen molar-refractivity contribution >= 4 is 17.7 Å². The molecule has 1 rings (SSSR count). The van der Waals surface area contributed by atoms with Crippen LogP contribution in [0.1, 0.15) is 27.2 Å². The van der Waals surface area contributed by atoms with Crippen LogP contribution in [-0.2, 0) is 4.79 Å². The molecular weight excluding hydrogens is 248 g/mol. The Morgan fingerprint density at radius 3 is 2.37 bits per heavy atom. The number of aromatic nitrogens is 2. The third-order valence-corrected chi connectivity index (χ3v) is 2.55. The first kappa shape index (κ1) is 14.9. The minimum absolute atomic E-state index is 0.137. The van der Waals surface area contributed by atoms with E-state index in [1.165, 1.54) is 18.7 Å². The van der Waals surface area contributed by atoms with Crippen LogP contribution in [0.3, 0.4) is 0 Å². The van der Waals surface area contributed by atoms with Gasteiger partial charge < -0.3 is 15.7 Å². The predicted octanol–water partition coefficient (Wildman–Crippen LogP) is 1.49. The van der Waals surface area contributed by atoms with Crippen LogP contribution in [0.15, 0.2) is 18.7 Å². The topological polar surface area (TPSA) is 104 Å². The van der Waals surface area contributed by atoms with Crippen LogP contribution in [-0.4, -0.2) is 33.1 Å². The Hall–Kier alpha value is -2.18. The van der Waals surface area contributed by atoms with Crippen molar-refractivity contribution < 1.29 is 14.7 Å². The number of carboxylic acids is 1. The Morgan fingerprint density at radius 1 is 1.32 bits per heavy atom. The van der Waals surface area contributed by atoms with Crippen molar-refractivity contribution in [3.8, 4) is 0 Å². The summed E-state index contributed by atoms with van der Waals surface area (Å²) < 4.78 is 0. The summed E-state index contributed by atoms with van der Waals surface area (Å²) in [7, 11) is 0. The summed E-state index contributed by atoms with van der Waals surface area (Å²) in [6, 6.07) is -0.953. The molecule has 19 heavy (non-hydrogen) atoms. The van der Waals surface area contributed by atoms with E-state index in [1.54, 1.807) is 0 Å². The first-order valence-corrected chi connectivity index (χ1v) is 5.83. The van der Waals surface area contributed by atoms with Gasteiger partial charge in [-0.1, -0.05) is 20.8 Å². The lowest BCUT2D eigenvalue weighted by molar-refractivity contribution is -0.138. The van der Waals surface area contributed by atoms with E-state index in [0.717, 1.165) is 0 Å². The molecular formula is C12H18N4O3. The number of nitrogens with one attached hydrogen (secondary N) is 2.